The highest BCUT2D eigenvalue weighted by Gasteiger charge is 2.22. The molecule has 0 radical (unpaired) electrons. The Hall–Kier alpha value is -0.570. The number of anilines is 1. The van der Waals surface area contributed by atoms with Crippen LogP contribution in [0, 0.1) is 11.8 Å². The standard InChI is InChI=1S/C13H19BrN2/c1-10(2)11-4-7-16(8-5-11)13-3-6-15-9-12(13)14/h3,6,9-11H,4-5,7-8H2,1-2H3. The molecule has 1 fully saturated rings. The van der Waals surface area contributed by atoms with Gasteiger partial charge in [-0.2, -0.15) is 0 Å². The lowest BCUT2D eigenvalue weighted by molar-refractivity contribution is 0.311. The zero-order valence-electron chi connectivity index (χ0n) is 9.99. The maximum Gasteiger partial charge on any atom is 0.0592 e. The van der Waals surface area contributed by atoms with Crippen LogP contribution in [-0.2, 0) is 0 Å². The van der Waals surface area contributed by atoms with E-state index < -0.39 is 0 Å². The number of aromatic nitrogens is 1. The second kappa shape index (κ2) is 5.17. The Morgan fingerprint density at radius 1 is 1.38 bits per heavy atom. The maximum atomic E-state index is 4.11. The third-order valence-electron chi connectivity index (χ3n) is 3.57. The van der Waals surface area contributed by atoms with E-state index in [0.29, 0.717) is 0 Å². The van der Waals surface area contributed by atoms with Gasteiger partial charge in [-0.25, -0.2) is 0 Å². The normalized spacial score (nSPS) is 18.1. The lowest BCUT2D eigenvalue weighted by atomic mass is 9.86. The van der Waals surface area contributed by atoms with Crippen LogP contribution in [0.2, 0.25) is 0 Å². The van der Waals surface area contributed by atoms with Crippen molar-refractivity contribution in [3.05, 3.63) is 22.9 Å². The van der Waals surface area contributed by atoms with Gasteiger partial charge in [0, 0.05) is 25.5 Å². The van der Waals surface area contributed by atoms with Crippen LogP contribution >= 0.6 is 15.9 Å². The molecule has 0 saturated carbocycles. The molecule has 2 heterocycles. The summed E-state index contributed by atoms with van der Waals surface area (Å²) in [4.78, 5) is 6.57. The minimum Gasteiger partial charge on any atom is -0.371 e. The van der Waals surface area contributed by atoms with Crippen LogP contribution in [0.15, 0.2) is 22.9 Å². The Kier molecular flexibility index (Phi) is 3.85. The molecular formula is C13H19BrN2. The molecule has 2 nitrogen and oxygen atoms in total. The smallest absolute Gasteiger partial charge is 0.0592 e. The minimum absolute atomic E-state index is 0.822. The molecule has 16 heavy (non-hydrogen) atoms. The molecule has 3 heteroatoms. The predicted octanol–water partition coefficient (Wildman–Crippen LogP) is 3.72. The van der Waals surface area contributed by atoms with E-state index in [0.717, 1.165) is 16.3 Å². The Morgan fingerprint density at radius 3 is 2.62 bits per heavy atom. The van der Waals surface area contributed by atoms with E-state index in [4.69, 9.17) is 0 Å². The van der Waals surface area contributed by atoms with Gasteiger partial charge >= 0.3 is 0 Å². The summed E-state index contributed by atoms with van der Waals surface area (Å²) >= 11 is 3.57. The van der Waals surface area contributed by atoms with Crippen LogP contribution in [0.1, 0.15) is 26.7 Å². The second-order valence-corrected chi connectivity index (χ2v) is 5.75. The average Bonchev–Trinajstić information content (AvgIpc) is 2.30. The first kappa shape index (κ1) is 11.9. The van der Waals surface area contributed by atoms with Crippen molar-refractivity contribution in [2.45, 2.75) is 26.7 Å². The molecule has 0 bridgehead atoms. The number of pyridine rings is 1. The number of hydrogen-bond donors (Lipinski definition) is 0. The van der Waals surface area contributed by atoms with Crippen LogP contribution < -0.4 is 4.90 Å². The maximum absolute atomic E-state index is 4.11. The molecule has 0 aliphatic carbocycles. The Morgan fingerprint density at radius 2 is 2.06 bits per heavy atom. The third-order valence-corrected chi connectivity index (χ3v) is 4.19. The largest absolute Gasteiger partial charge is 0.371 e. The lowest BCUT2D eigenvalue weighted by Crippen LogP contribution is -2.35. The number of piperidine rings is 1. The van der Waals surface area contributed by atoms with Crippen molar-refractivity contribution in [3.8, 4) is 0 Å². The van der Waals surface area contributed by atoms with Gasteiger partial charge in [-0.15, -0.1) is 0 Å². The molecule has 1 aliphatic rings. The fourth-order valence-corrected chi connectivity index (χ4v) is 2.93. The lowest BCUT2D eigenvalue weighted by Gasteiger charge is -2.35. The quantitative estimate of drug-likeness (QED) is 0.822. The van der Waals surface area contributed by atoms with E-state index >= 15 is 0 Å². The molecule has 0 atom stereocenters. The third kappa shape index (κ3) is 2.57. The van der Waals surface area contributed by atoms with E-state index in [-0.39, 0.29) is 0 Å². The van der Waals surface area contributed by atoms with Gasteiger partial charge in [0.1, 0.15) is 0 Å². The van der Waals surface area contributed by atoms with Crippen molar-refractivity contribution in [3.63, 3.8) is 0 Å². The minimum atomic E-state index is 0.822. The average molecular weight is 283 g/mol. The van der Waals surface area contributed by atoms with E-state index in [2.05, 4.69) is 45.7 Å². The van der Waals surface area contributed by atoms with Crippen LogP contribution in [0.3, 0.4) is 0 Å². The summed E-state index contributed by atoms with van der Waals surface area (Å²) in [6, 6.07) is 2.10. The van der Waals surface area contributed by atoms with E-state index in [9.17, 15) is 0 Å². The first-order valence-electron chi connectivity index (χ1n) is 6.03. The molecule has 1 aromatic heterocycles. The summed E-state index contributed by atoms with van der Waals surface area (Å²) in [7, 11) is 0. The first-order valence-corrected chi connectivity index (χ1v) is 6.82. The van der Waals surface area contributed by atoms with Crippen LogP contribution in [0.25, 0.3) is 0 Å². The topological polar surface area (TPSA) is 16.1 Å². The molecule has 1 aromatic rings. The molecular weight excluding hydrogens is 264 g/mol. The van der Waals surface area contributed by atoms with Crippen molar-refractivity contribution in [1.82, 2.24) is 4.98 Å². The van der Waals surface area contributed by atoms with Gasteiger partial charge in [-0.05, 0) is 46.7 Å². The summed E-state index contributed by atoms with van der Waals surface area (Å²) in [6.45, 7) is 7.02. The number of halogens is 1. The Bertz CT molecular complexity index is 344. The SMILES string of the molecule is CC(C)C1CCN(c2ccncc2Br)CC1. The summed E-state index contributed by atoms with van der Waals surface area (Å²) < 4.78 is 1.11. The monoisotopic (exact) mass is 282 g/mol. The molecule has 0 spiro atoms. The highest BCUT2D eigenvalue weighted by atomic mass is 79.9. The van der Waals surface area contributed by atoms with Crippen LogP contribution in [0.5, 0.6) is 0 Å². The van der Waals surface area contributed by atoms with Gasteiger partial charge in [0.15, 0.2) is 0 Å². The van der Waals surface area contributed by atoms with E-state index in [1.807, 2.05) is 12.4 Å². The predicted molar refractivity (Wildman–Crippen MR) is 71.7 cm³/mol. The van der Waals surface area contributed by atoms with E-state index in [1.54, 1.807) is 0 Å². The van der Waals surface area contributed by atoms with Gasteiger partial charge in [-0.3, -0.25) is 4.98 Å². The van der Waals surface area contributed by atoms with Gasteiger partial charge in [0.25, 0.3) is 0 Å². The van der Waals surface area contributed by atoms with E-state index in [1.165, 1.54) is 31.6 Å². The van der Waals surface area contributed by atoms with Crippen molar-refractivity contribution >= 4 is 21.6 Å². The highest BCUT2D eigenvalue weighted by molar-refractivity contribution is 9.10. The fourth-order valence-electron chi connectivity index (χ4n) is 2.43. The first-order chi connectivity index (χ1) is 7.68. The van der Waals surface area contributed by atoms with Gasteiger partial charge in [-0.1, -0.05) is 13.8 Å². The molecule has 2 rings (SSSR count). The summed E-state index contributed by atoms with van der Waals surface area (Å²) in [6.07, 6.45) is 6.37. The zero-order valence-corrected chi connectivity index (χ0v) is 11.6. The van der Waals surface area contributed by atoms with Crippen molar-refractivity contribution in [2.75, 3.05) is 18.0 Å². The number of rotatable bonds is 2. The number of hydrogen-bond acceptors (Lipinski definition) is 2. The molecule has 1 saturated heterocycles. The van der Waals surface area contributed by atoms with Crippen molar-refractivity contribution < 1.29 is 0 Å². The molecule has 0 aromatic carbocycles. The zero-order chi connectivity index (χ0) is 11.5. The molecule has 0 unspecified atom stereocenters. The fraction of sp³-hybridized carbons (Fsp3) is 0.615. The summed E-state index contributed by atoms with van der Waals surface area (Å²) in [5, 5.41) is 0. The molecule has 1 aliphatic heterocycles. The summed E-state index contributed by atoms with van der Waals surface area (Å²) in [5.41, 5.74) is 1.29. The highest BCUT2D eigenvalue weighted by Crippen LogP contribution is 2.31. The summed E-state index contributed by atoms with van der Waals surface area (Å²) in [5.74, 6) is 1.72. The van der Waals surface area contributed by atoms with Gasteiger partial charge in [0.05, 0.1) is 10.2 Å². The Labute approximate surface area is 106 Å². The van der Waals surface area contributed by atoms with Crippen LogP contribution in [-0.4, -0.2) is 18.1 Å². The molecule has 0 N–H and O–H groups in total. The number of nitrogens with zero attached hydrogens (tertiary/aromatic N) is 2. The van der Waals surface area contributed by atoms with Crippen molar-refractivity contribution in [1.29, 1.82) is 0 Å². The molecule has 88 valence electrons. The molecule has 0 amide bonds. The Balaban J connectivity index is 2.02. The van der Waals surface area contributed by atoms with Gasteiger partial charge < -0.3 is 4.90 Å². The van der Waals surface area contributed by atoms with Crippen molar-refractivity contribution in [2.24, 2.45) is 11.8 Å². The van der Waals surface area contributed by atoms with Gasteiger partial charge in [0.2, 0.25) is 0 Å². The second-order valence-electron chi connectivity index (χ2n) is 4.90. The van der Waals surface area contributed by atoms with Crippen LogP contribution in [0.4, 0.5) is 5.69 Å².